The van der Waals surface area contributed by atoms with Crippen molar-refractivity contribution in [3.8, 4) is 0 Å². The third-order valence-electron chi connectivity index (χ3n) is 3.55. The van der Waals surface area contributed by atoms with Crippen molar-refractivity contribution >= 4 is 21.1 Å². The standard InChI is InChI=1S/C17H28N2OS/c1-5-6-11-17-18-15-9-7-8-10-16(15)19(17)14-20-12-13-21(2,3)4/h7-10H,5-6,11-14H2,1-4H3. The maximum absolute atomic E-state index is 5.93. The molecule has 0 radical (unpaired) electrons. The number of aryl methyl sites for hydroxylation is 1. The molecule has 0 saturated heterocycles. The van der Waals surface area contributed by atoms with Crippen molar-refractivity contribution in [3.63, 3.8) is 0 Å². The fourth-order valence-electron chi connectivity index (χ4n) is 2.26. The number of benzene rings is 1. The molecule has 0 atom stereocenters. The van der Waals surface area contributed by atoms with Crippen molar-refractivity contribution in [2.75, 3.05) is 31.1 Å². The molecule has 0 aliphatic carbocycles. The average Bonchev–Trinajstić information content (AvgIpc) is 2.78. The quantitative estimate of drug-likeness (QED) is 0.688. The number of fused-ring (bicyclic) bond motifs is 1. The Morgan fingerprint density at radius 3 is 2.67 bits per heavy atom. The number of nitrogens with zero attached hydrogens (tertiary/aromatic N) is 2. The fraction of sp³-hybridized carbons (Fsp3) is 0.588. The van der Waals surface area contributed by atoms with E-state index >= 15 is 0 Å². The van der Waals surface area contributed by atoms with Crippen LogP contribution >= 0.6 is 10.0 Å². The van der Waals surface area contributed by atoms with Gasteiger partial charge in [0.1, 0.15) is 12.6 Å². The first-order valence-electron chi connectivity index (χ1n) is 7.69. The number of hydrogen-bond acceptors (Lipinski definition) is 2. The molecule has 118 valence electrons. The summed E-state index contributed by atoms with van der Waals surface area (Å²) in [6.45, 7) is 3.67. The molecule has 3 nitrogen and oxygen atoms in total. The van der Waals surface area contributed by atoms with Crippen molar-refractivity contribution in [3.05, 3.63) is 30.1 Å². The molecule has 0 bridgehead atoms. The lowest BCUT2D eigenvalue weighted by atomic mass is 10.2. The molecule has 2 rings (SSSR count). The first-order chi connectivity index (χ1) is 10.0. The molecule has 0 unspecified atom stereocenters. The van der Waals surface area contributed by atoms with E-state index in [1.807, 2.05) is 6.07 Å². The number of imidazole rings is 1. The van der Waals surface area contributed by atoms with Gasteiger partial charge in [0.05, 0.1) is 17.6 Å². The van der Waals surface area contributed by atoms with Crippen LogP contribution in [0.5, 0.6) is 0 Å². The van der Waals surface area contributed by atoms with Gasteiger partial charge in [0.15, 0.2) is 0 Å². The first kappa shape index (κ1) is 16.4. The summed E-state index contributed by atoms with van der Waals surface area (Å²) in [7, 11) is -0.482. The minimum Gasteiger partial charge on any atom is -0.360 e. The number of aromatic nitrogens is 2. The Morgan fingerprint density at radius 2 is 1.95 bits per heavy atom. The van der Waals surface area contributed by atoms with Gasteiger partial charge in [-0.1, -0.05) is 25.5 Å². The van der Waals surface area contributed by atoms with E-state index in [-0.39, 0.29) is 0 Å². The summed E-state index contributed by atoms with van der Waals surface area (Å²) in [5, 5.41) is 0. The van der Waals surface area contributed by atoms with Crippen LogP contribution in [0.3, 0.4) is 0 Å². The van der Waals surface area contributed by atoms with E-state index in [9.17, 15) is 0 Å². The highest BCUT2D eigenvalue weighted by atomic mass is 32.3. The molecule has 1 aromatic carbocycles. The van der Waals surface area contributed by atoms with Crippen molar-refractivity contribution in [1.82, 2.24) is 9.55 Å². The molecule has 0 saturated carbocycles. The van der Waals surface area contributed by atoms with Gasteiger partial charge < -0.3 is 9.30 Å². The van der Waals surface area contributed by atoms with E-state index in [1.165, 1.54) is 18.4 Å². The normalized spacial score (nSPS) is 13.0. The number of ether oxygens (including phenoxy) is 1. The van der Waals surface area contributed by atoms with Crippen molar-refractivity contribution in [1.29, 1.82) is 0 Å². The van der Waals surface area contributed by atoms with Crippen LogP contribution < -0.4 is 0 Å². The minimum atomic E-state index is -0.482. The van der Waals surface area contributed by atoms with Crippen LogP contribution in [-0.4, -0.2) is 40.7 Å². The summed E-state index contributed by atoms with van der Waals surface area (Å²) in [5.74, 6) is 2.31. The summed E-state index contributed by atoms with van der Waals surface area (Å²) in [4.78, 5) is 4.77. The number of hydrogen-bond donors (Lipinski definition) is 0. The van der Waals surface area contributed by atoms with E-state index < -0.39 is 10.0 Å². The van der Waals surface area contributed by atoms with Crippen LogP contribution in [0.1, 0.15) is 25.6 Å². The molecule has 0 amide bonds. The summed E-state index contributed by atoms with van der Waals surface area (Å²) in [5.41, 5.74) is 2.26. The second kappa shape index (κ2) is 7.32. The average molecular weight is 308 g/mol. The highest BCUT2D eigenvalue weighted by Crippen LogP contribution is 2.33. The van der Waals surface area contributed by atoms with Crippen LogP contribution in [0, 0.1) is 0 Å². The van der Waals surface area contributed by atoms with Crippen LogP contribution in [0.2, 0.25) is 0 Å². The van der Waals surface area contributed by atoms with E-state index in [0.717, 1.165) is 30.1 Å². The van der Waals surface area contributed by atoms with Gasteiger partial charge in [0, 0.05) is 12.2 Å². The topological polar surface area (TPSA) is 27.1 Å². The molecular formula is C17H28N2OS. The Balaban J connectivity index is 2.08. The van der Waals surface area contributed by atoms with Gasteiger partial charge >= 0.3 is 0 Å². The maximum Gasteiger partial charge on any atom is 0.124 e. The Labute approximate surface area is 130 Å². The predicted octanol–water partition coefficient (Wildman–Crippen LogP) is 4.05. The van der Waals surface area contributed by atoms with Crippen molar-refractivity contribution in [2.24, 2.45) is 0 Å². The van der Waals surface area contributed by atoms with Gasteiger partial charge in [-0.05, 0) is 37.3 Å². The van der Waals surface area contributed by atoms with Crippen LogP contribution in [0.25, 0.3) is 11.0 Å². The molecule has 2 aromatic rings. The van der Waals surface area contributed by atoms with Gasteiger partial charge in [0.2, 0.25) is 0 Å². The van der Waals surface area contributed by atoms with Crippen LogP contribution in [0.15, 0.2) is 24.3 Å². The Morgan fingerprint density at radius 1 is 1.19 bits per heavy atom. The zero-order valence-corrected chi connectivity index (χ0v) is 14.6. The zero-order chi connectivity index (χ0) is 15.3. The molecule has 1 heterocycles. The molecular weight excluding hydrogens is 280 g/mol. The third-order valence-corrected chi connectivity index (χ3v) is 4.94. The van der Waals surface area contributed by atoms with Crippen molar-refractivity contribution < 1.29 is 4.74 Å². The maximum atomic E-state index is 5.93. The Hall–Kier alpha value is -1.00. The minimum absolute atomic E-state index is 0.482. The molecule has 0 aliphatic heterocycles. The number of unbranched alkanes of at least 4 members (excludes halogenated alkanes) is 1. The lowest BCUT2D eigenvalue weighted by molar-refractivity contribution is 0.0903. The number of rotatable bonds is 8. The third kappa shape index (κ3) is 4.75. The second-order valence-electron chi connectivity index (χ2n) is 6.38. The fourth-order valence-corrected chi connectivity index (χ4v) is 2.88. The van der Waals surface area contributed by atoms with Crippen LogP contribution in [0.4, 0.5) is 0 Å². The highest BCUT2D eigenvalue weighted by Gasteiger charge is 2.10. The first-order valence-corrected chi connectivity index (χ1v) is 10.7. The predicted molar refractivity (Wildman–Crippen MR) is 94.5 cm³/mol. The molecule has 1 aromatic heterocycles. The van der Waals surface area contributed by atoms with Gasteiger partial charge in [-0.25, -0.2) is 15.0 Å². The largest absolute Gasteiger partial charge is 0.360 e. The van der Waals surface area contributed by atoms with Gasteiger partial charge in [-0.15, -0.1) is 0 Å². The zero-order valence-electron chi connectivity index (χ0n) is 13.8. The van der Waals surface area contributed by atoms with Gasteiger partial charge in [-0.3, -0.25) is 0 Å². The van der Waals surface area contributed by atoms with E-state index in [4.69, 9.17) is 9.72 Å². The molecule has 0 N–H and O–H groups in total. The molecule has 21 heavy (non-hydrogen) atoms. The molecule has 4 heteroatoms. The van der Waals surface area contributed by atoms with E-state index in [1.54, 1.807) is 0 Å². The smallest absolute Gasteiger partial charge is 0.124 e. The SMILES string of the molecule is CCCCc1nc2ccccc2n1COCCS(C)(C)C. The van der Waals surface area contributed by atoms with Gasteiger partial charge in [0.25, 0.3) is 0 Å². The monoisotopic (exact) mass is 308 g/mol. The summed E-state index contributed by atoms with van der Waals surface area (Å²) < 4.78 is 8.17. The summed E-state index contributed by atoms with van der Waals surface area (Å²) >= 11 is 0. The van der Waals surface area contributed by atoms with Gasteiger partial charge in [-0.2, -0.15) is 0 Å². The Bertz CT molecular complexity index is 572. The highest BCUT2D eigenvalue weighted by molar-refractivity contribution is 8.32. The number of para-hydroxylation sites is 2. The molecule has 0 aliphatic rings. The second-order valence-corrected chi connectivity index (χ2v) is 11.0. The summed E-state index contributed by atoms with van der Waals surface area (Å²) in [6.07, 6.45) is 10.4. The van der Waals surface area contributed by atoms with Crippen molar-refractivity contribution in [2.45, 2.75) is 32.9 Å². The van der Waals surface area contributed by atoms with Crippen LogP contribution in [-0.2, 0) is 17.9 Å². The molecule has 0 spiro atoms. The lowest BCUT2D eigenvalue weighted by Crippen LogP contribution is -2.12. The Kier molecular flexibility index (Phi) is 5.71. The summed E-state index contributed by atoms with van der Waals surface area (Å²) in [6, 6.07) is 8.34. The molecule has 0 fully saturated rings. The van der Waals surface area contributed by atoms with E-state index in [2.05, 4.69) is 48.5 Å². The van der Waals surface area contributed by atoms with E-state index in [0.29, 0.717) is 6.73 Å². The lowest BCUT2D eigenvalue weighted by Gasteiger charge is -2.24.